The second-order valence-corrected chi connectivity index (χ2v) is 8.52. The number of carbonyl (C=O) groups is 1. The third-order valence-electron chi connectivity index (χ3n) is 4.88. The Morgan fingerprint density at radius 2 is 1.82 bits per heavy atom. The number of alkyl halides is 3. The molecule has 1 aliphatic heterocycles. The molecule has 1 aromatic carbocycles. The molecule has 5 N–H and O–H groups in total. The van der Waals surface area contributed by atoms with Gasteiger partial charge in [0.05, 0.1) is 6.54 Å². The number of aromatic nitrogens is 3. The molecule has 1 aliphatic rings. The zero-order chi connectivity index (χ0) is 25.4. The van der Waals surface area contributed by atoms with Crippen LogP contribution in [0.15, 0.2) is 12.1 Å². The first-order valence-electron chi connectivity index (χ1n) is 9.30. The van der Waals surface area contributed by atoms with Gasteiger partial charge in [-0.15, -0.1) is 10.2 Å². The third-order valence-corrected chi connectivity index (χ3v) is 5.64. The summed E-state index contributed by atoms with van der Waals surface area (Å²) in [5.41, 5.74) is 5.06. The van der Waals surface area contributed by atoms with Gasteiger partial charge in [0.2, 0.25) is 11.7 Å². The molecule has 1 aromatic heterocycles. The second-order valence-electron chi connectivity index (χ2n) is 7.16. The summed E-state index contributed by atoms with van der Waals surface area (Å²) in [5, 5.41) is 6.50. The Morgan fingerprint density at radius 3 is 2.44 bits per heavy atom. The number of hydrogen-bond acceptors (Lipinski definition) is 8. The Balaban J connectivity index is 1.81. The predicted octanol–water partition coefficient (Wildman–Crippen LogP) is 1.52. The number of hydrogen-bond donors (Lipinski definition) is 3. The molecule has 3 rings (SSSR count). The largest absolute Gasteiger partial charge is 0.489 e. The van der Waals surface area contributed by atoms with Crippen molar-refractivity contribution in [2.24, 2.45) is 11.6 Å². The molecule has 1 amide bonds. The van der Waals surface area contributed by atoms with E-state index >= 15 is 0 Å². The first-order valence-corrected chi connectivity index (χ1v) is 10.8. The lowest BCUT2D eigenvalue weighted by Gasteiger charge is -2.31. The number of phosphoric acid groups is 1. The lowest BCUT2D eigenvalue weighted by molar-refractivity contribution is -0.148. The first kappa shape index (κ1) is 26.1. The minimum Gasteiger partial charge on any atom is -0.333 e. The smallest absolute Gasteiger partial charge is 0.333 e. The van der Waals surface area contributed by atoms with Gasteiger partial charge in [-0.25, -0.2) is 28.3 Å². The van der Waals surface area contributed by atoms with Crippen molar-refractivity contribution < 1.29 is 49.7 Å². The van der Waals surface area contributed by atoms with E-state index in [-0.39, 0.29) is 31.5 Å². The summed E-state index contributed by atoms with van der Waals surface area (Å²) in [4.78, 5) is 23.3. The molecule has 2 heterocycles. The van der Waals surface area contributed by atoms with Crippen LogP contribution in [0.3, 0.4) is 0 Å². The number of fused-ring (bicyclic) bond motifs is 1. The van der Waals surface area contributed by atoms with Crippen LogP contribution in [0.4, 0.5) is 26.3 Å². The second kappa shape index (κ2) is 9.59. The highest BCUT2D eigenvalue weighted by Crippen LogP contribution is 2.47. The summed E-state index contributed by atoms with van der Waals surface area (Å²) in [6.07, 6.45) is -7.47. The molecule has 2 aromatic rings. The minimum absolute atomic E-state index is 0.136. The van der Waals surface area contributed by atoms with Crippen LogP contribution in [-0.4, -0.2) is 43.1 Å². The molecule has 0 radical (unpaired) electrons. The molecule has 3 atom stereocenters. The summed E-state index contributed by atoms with van der Waals surface area (Å²) in [6, 6.07) is -1.18. The number of rotatable bonds is 7. The van der Waals surface area contributed by atoms with E-state index in [9.17, 15) is 40.6 Å². The maximum atomic E-state index is 14.3. The normalized spacial score (nSPS) is 17.7. The average Bonchev–Trinajstić information content (AvgIpc) is 3.18. The topological polar surface area (TPSA) is 159 Å². The number of phosphoric ester groups is 1. The number of benzene rings is 1. The highest BCUT2D eigenvalue weighted by molar-refractivity contribution is 7.47. The van der Waals surface area contributed by atoms with Crippen molar-refractivity contribution in [3.8, 4) is 0 Å². The van der Waals surface area contributed by atoms with Crippen molar-refractivity contribution >= 4 is 13.7 Å². The summed E-state index contributed by atoms with van der Waals surface area (Å²) in [7, 11) is -5.07. The van der Waals surface area contributed by atoms with Crippen LogP contribution in [0, 0.1) is 17.5 Å². The average molecular weight is 518 g/mol. The molecule has 18 heteroatoms. The molecule has 2 unspecified atom stereocenters. The van der Waals surface area contributed by atoms with Gasteiger partial charge in [-0.1, -0.05) is 0 Å². The standard InChI is InChI=1S/C16H17F6N6O5P/c17-8-4-10(19)9(18)3-7(8)14(32-34(30,31)33-24)11(23)5-13(29)27-1-2-28-12(6-27)25-26-15(28)16(20,21)22/h3-4,11,14H,1-2,5-6,23-24H2,(H,30,31)/t11-,14?/m1/s1. The van der Waals surface area contributed by atoms with E-state index in [4.69, 9.17) is 5.73 Å². The van der Waals surface area contributed by atoms with Gasteiger partial charge in [0, 0.05) is 37.2 Å². The molecular formula is C16H17F6N6O5P. The van der Waals surface area contributed by atoms with Crippen LogP contribution in [0.2, 0.25) is 0 Å². The van der Waals surface area contributed by atoms with Gasteiger partial charge in [-0.05, 0) is 6.07 Å². The molecule has 34 heavy (non-hydrogen) atoms. The van der Waals surface area contributed by atoms with Crippen molar-refractivity contribution in [1.29, 1.82) is 0 Å². The van der Waals surface area contributed by atoms with E-state index < -0.39 is 67.3 Å². The predicted molar refractivity (Wildman–Crippen MR) is 98.3 cm³/mol. The van der Waals surface area contributed by atoms with Crippen molar-refractivity contribution in [2.75, 3.05) is 6.54 Å². The molecule has 188 valence electrons. The van der Waals surface area contributed by atoms with Crippen LogP contribution in [-0.2, 0) is 37.8 Å². The zero-order valence-corrected chi connectivity index (χ0v) is 17.8. The Hall–Kier alpha value is -2.56. The molecule has 0 fully saturated rings. The van der Waals surface area contributed by atoms with E-state index in [0.717, 1.165) is 9.47 Å². The third kappa shape index (κ3) is 5.56. The summed E-state index contributed by atoms with van der Waals surface area (Å²) < 4.78 is 101. The van der Waals surface area contributed by atoms with Crippen LogP contribution >= 0.6 is 7.82 Å². The number of halogens is 6. The zero-order valence-electron chi connectivity index (χ0n) is 16.9. The van der Waals surface area contributed by atoms with Crippen molar-refractivity contribution in [3.63, 3.8) is 0 Å². The molecule has 0 bridgehead atoms. The number of amides is 1. The van der Waals surface area contributed by atoms with Gasteiger partial charge in [0.1, 0.15) is 11.9 Å². The van der Waals surface area contributed by atoms with Gasteiger partial charge in [-0.3, -0.25) is 9.32 Å². The molecular weight excluding hydrogens is 501 g/mol. The van der Waals surface area contributed by atoms with Crippen LogP contribution in [0.5, 0.6) is 0 Å². The Bertz CT molecular complexity index is 1130. The van der Waals surface area contributed by atoms with Crippen molar-refractivity contribution in [2.45, 2.75) is 37.8 Å². The number of carbonyl (C=O) groups excluding carboxylic acids is 1. The van der Waals surface area contributed by atoms with E-state index in [1.54, 1.807) is 0 Å². The lowest BCUT2D eigenvalue weighted by Crippen LogP contribution is -2.43. The first-order chi connectivity index (χ1) is 15.7. The molecule has 0 aliphatic carbocycles. The lowest BCUT2D eigenvalue weighted by atomic mass is 9.99. The maximum absolute atomic E-state index is 14.3. The highest BCUT2D eigenvalue weighted by atomic mass is 31.2. The summed E-state index contributed by atoms with van der Waals surface area (Å²) in [6.45, 7) is -0.859. The minimum atomic E-state index is -5.07. The molecule has 0 saturated heterocycles. The van der Waals surface area contributed by atoms with Gasteiger partial charge in [-0.2, -0.15) is 13.2 Å². The summed E-state index contributed by atoms with van der Waals surface area (Å²) in [5.74, 6) is -2.04. The van der Waals surface area contributed by atoms with Crippen LogP contribution in [0.25, 0.3) is 0 Å². The Morgan fingerprint density at radius 1 is 1.18 bits per heavy atom. The highest BCUT2D eigenvalue weighted by Gasteiger charge is 2.40. The monoisotopic (exact) mass is 518 g/mol. The number of nitrogens with zero attached hydrogens (tertiary/aromatic N) is 4. The quantitative estimate of drug-likeness (QED) is 0.214. The summed E-state index contributed by atoms with van der Waals surface area (Å²) >= 11 is 0. The van der Waals surface area contributed by atoms with Gasteiger partial charge in [0.25, 0.3) is 0 Å². The van der Waals surface area contributed by atoms with Crippen molar-refractivity contribution in [3.05, 3.63) is 46.8 Å². The van der Waals surface area contributed by atoms with Crippen molar-refractivity contribution in [1.82, 2.24) is 19.7 Å². The molecule has 0 saturated carbocycles. The van der Waals surface area contributed by atoms with E-state index in [0.29, 0.717) is 6.07 Å². The fourth-order valence-electron chi connectivity index (χ4n) is 3.31. The van der Waals surface area contributed by atoms with Crippen LogP contribution in [0.1, 0.15) is 29.7 Å². The fraction of sp³-hybridized carbons (Fsp3) is 0.438. The SMILES string of the molecule is NOP(=O)(O)OC(c1cc(F)c(F)cc1F)[C@H](N)CC(=O)N1CCn2c(nnc2C(F)(F)F)C1. The fourth-order valence-corrected chi connectivity index (χ4v) is 3.91. The van der Waals surface area contributed by atoms with Gasteiger partial charge in [0.15, 0.2) is 17.5 Å². The number of nitrogens with two attached hydrogens (primary N) is 2. The van der Waals surface area contributed by atoms with Gasteiger partial charge < -0.3 is 20.1 Å². The maximum Gasteiger partial charge on any atom is 0.489 e. The Kier molecular flexibility index (Phi) is 7.35. The Labute approximate surface area is 186 Å². The molecule has 11 nitrogen and oxygen atoms in total. The van der Waals surface area contributed by atoms with E-state index in [1.807, 2.05) is 0 Å². The van der Waals surface area contributed by atoms with E-state index in [1.165, 1.54) is 0 Å². The van der Waals surface area contributed by atoms with Crippen LogP contribution < -0.4 is 11.6 Å². The van der Waals surface area contributed by atoms with Gasteiger partial charge >= 0.3 is 14.0 Å². The molecule has 0 spiro atoms. The van der Waals surface area contributed by atoms with E-state index in [2.05, 4.69) is 25.2 Å².